The Morgan fingerprint density at radius 3 is 2.86 bits per heavy atom. The number of aromatic nitrogens is 2. The van der Waals surface area contributed by atoms with Gasteiger partial charge in [-0.1, -0.05) is 5.92 Å². The highest BCUT2D eigenvalue weighted by molar-refractivity contribution is 5.28. The molecule has 114 valence electrons. The summed E-state index contributed by atoms with van der Waals surface area (Å²) in [6, 6.07) is 0. The predicted octanol–water partition coefficient (Wildman–Crippen LogP) is -2.07. The Bertz CT molecular complexity index is 656. The SMILES string of the molecule is C#C[C@@]1(N)C(O)[C@@H]([C@H](C)O)O[C@H]1n1cc(F)c(N)nc1=O. The van der Waals surface area contributed by atoms with Gasteiger partial charge in [0.15, 0.2) is 23.4 Å². The van der Waals surface area contributed by atoms with Gasteiger partial charge in [0, 0.05) is 0 Å². The quantitative estimate of drug-likeness (QED) is 0.460. The van der Waals surface area contributed by atoms with Crippen molar-refractivity contribution in [3.05, 3.63) is 22.5 Å². The maximum Gasteiger partial charge on any atom is 0.351 e. The van der Waals surface area contributed by atoms with Crippen LogP contribution in [0, 0.1) is 18.2 Å². The van der Waals surface area contributed by atoms with Crippen molar-refractivity contribution in [1.29, 1.82) is 0 Å². The number of nitrogen functional groups attached to an aromatic ring is 1. The minimum Gasteiger partial charge on any atom is -0.391 e. The number of anilines is 1. The van der Waals surface area contributed by atoms with Gasteiger partial charge in [-0.3, -0.25) is 4.57 Å². The lowest BCUT2D eigenvalue weighted by atomic mass is 9.90. The molecular formula is C12H15FN4O4. The topological polar surface area (TPSA) is 137 Å². The number of hydrogen-bond donors (Lipinski definition) is 4. The van der Waals surface area contributed by atoms with Crippen LogP contribution in [-0.2, 0) is 4.74 Å². The summed E-state index contributed by atoms with van der Waals surface area (Å²) in [5.74, 6) is 0.592. The van der Waals surface area contributed by atoms with Crippen molar-refractivity contribution in [2.45, 2.75) is 37.0 Å². The summed E-state index contributed by atoms with van der Waals surface area (Å²) < 4.78 is 19.6. The second-order valence-electron chi connectivity index (χ2n) is 4.88. The molecule has 21 heavy (non-hydrogen) atoms. The van der Waals surface area contributed by atoms with Gasteiger partial charge in [0.25, 0.3) is 0 Å². The molecule has 1 unspecified atom stereocenters. The van der Waals surface area contributed by atoms with Gasteiger partial charge in [-0.25, -0.2) is 9.18 Å². The number of aliphatic hydroxyl groups is 2. The molecule has 6 N–H and O–H groups in total. The summed E-state index contributed by atoms with van der Waals surface area (Å²) in [4.78, 5) is 15.1. The van der Waals surface area contributed by atoms with Crippen LogP contribution in [0.4, 0.5) is 10.2 Å². The van der Waals surface area contributed by atoms with Gasteiger partial charge < -0.3 is 26.4 Å². The van der Waals surface area contributed by atoms with E-state index in [0.29, 0.717) is 4.57 Å². The van der Waals surface area contributed by atoms with Crippen LogP contribution >= 0.6 is 0 Å². The molecule has 1 aliphatic rings. The minimum atomic E-state index is -1.84. The largest absolute Gasteiger partial charge is 0.391 e. The summed E-state index contributed by atoms with van der Waals surface area (Å²) in [6.07, 6.45) is 0.959. The van der Waals surface area contributed by atoms with E-state index in [2.05, 4.69) is 10.9 Å². The van der Waals surface area contributed by atoms with Crippen LogP contribution in [0.3, 0.4) is 0 Å². The van der Waals surface area contributed by atoms with Crippen LogP contribution in [-0.4, -0.2) is 43.6 Å². The van der Waals surface area contributed by atoms with E-state index in [1.165, 1.54) is 6.92 Å². The third kappa shape index (κ3) is 2.28. The fourth-order valence-corrected chi connectivity index (χ4v) is 2.21. The summed E-state index contributed by atoms with van der Waals surface area (Å²) in [5, 5.41) is 19.7. The molecule has 8 nitrogen and oxygen atoms in total. The van der Waals surface area contributed by atoms with Gasteiger partial charge in [-0.05, 0) is 6.92 Å². The van der Waals surface area contributed by atoms with Crippen LogP contribution in [0.1, 0.15) is 13.2 Å². The van der Waals surface area contributed by atoms with Crippen molar-refractivity contribution in [2.24, 2.45) is 5.73 Å². The lowest BCUT2D eigenvalue weighted by Crippen LogP contribution is -2.55. The van der Waals surface area contributed by atoms with Crippen LogP contribution in [0.5, 0.6) is 0 Å². The molecule has 0 saturated carbocycles. The maximum absolute atomic E-state index is 13.5. The predicted molar refractivity (Wildman–Crippen MR) is 70.2 cm³/mol. The summed E-state index contributed by atoms with van der Waals surface area (Å²) in [5.41, 5.74) is 8.31. The van der Waals surface area contributed by atoms with E-state index in [4.69, 9.17) is 22.6 Å². The lowest BCUT2D eigenvalue weighted by Gasteiger charge is -2.27. The zero-order valence-corrected chi connectivity index (χ0v) is 11.1. The Balaban J connectivity index is 2.56. The highest BCUT2D eigenvalue weighted by atomic mass is 19.1. The molecule has 0 spiro atoms. The molecule has 2 rings (SSSR count). The van der Waals surface area contributed by atoms with Crippen LogP contribution in [0.25, 0.3) is 0 Å². The molecule has 0 aromatic carbocycles. The lowest BCUT2D eigenvalue weighted by molar-refractivity contribution is -0.0780. The average Bonchev–Trinajstić information content (AvgIpc) is 2.68. The van der Waals surface area contributed by atoms with E-state index in [9.17, 15) is 19.4 Å². The first-order chi connectivity index (χ1) is 9.72. The summed E-state index contributed by atoms with van der Waals surface area (Å²) in [6.45, 7) is 1.36. The van der Waals surface area contributed by atoms with Gasteiger partial charge in [0.2, 0.25) is 0 Å². The van der Waals surface area contributed by atoms with E-state index in [-0.39, 0.29) is 0 Å². The fraction of sp³-hybridized carbons (Fsp3) is 0.500. The molecular weight excluding hydrogens is 283 g/mol. The van der Waals surface area contributed by atoms with Crippen molar-refractivity contribution in [3.63, 3.8) is 0 Å². The van der Waals surface area contributed by atoms with E-state index >= 15 is 0 Å². The number of aliphatic hydroxyl groups excluding tert-OH is 2. The second kappa shape index (κ2) is 5.09. The number of nitrogens with two attached hydrogens (primary N) is 2. The first-order valence-electron chi connectivity index (χ1n) is 6.04. The number of halogens is 1. The molecule has 0 radical (unpaired) electrons. The van der Waals surface area contributed by atoms with E-state index in [1.54, 1.807) is 0 Å². The number of nitrogens with zero attached hydrogens (tertiary/aromatic N) is 2. The van der Waals surface area contributed by atoms with Gasteiger partial charge in [-0.2, -0.15) is 4.98 Å². The highest BCUT2D eigenvalue weighted by Gasteiger charge is 2.55. The molecule has 9 heteroatoms. The molecule has 1 aliphatic heterocycles. The molecule has 0 bridgehead atoms. The smallest absolute Gasteiger partial charge is 0.351 e. The maximum atomic E-state index is 13.5. The monoisotopic (exact) mass is 298 g/mol. The molecule has 0 aliphatic carbocycles. The Hall–Kier alpha value is -1.99. The zero-order valence-electron chi connectivity index (χ0n) is 11.1. The Kier molecular flexibility index (Phi) is 3.73. The van der Waals surface area contributed by atoms with E-state index < -0.39 is 47.4 Å². The van der Waals surface area contributed by atoms with Gasteiger partial charge in [0.05, 0.1) is 12.3 Å². The average molecular weight is 298 g/mol. The molecule has 2 heterocycles. The first kappa shape index (κ1) is 15.4. The van der Waals surface area contributed by atoms with Crippen LogP contribution in [0.2, 0.25) is 0 Å². The molecule has 1 aromatic rings. The fourth-order valence-electron chi connectivity index (χ4n) is 2.21. The highest BCUT2D eigenvalue weighted by Crippen LogP contribution is 2.37. The third-order valence-electron chi connectivity index (χ3n) is 3.41. The van der Waals surface area contributed by atoms with Crippen molar-refractivity contribution >= 4 is 5.82 Å². The Morgan fingerprint density at radius 1 is 1.71 bits per heavy atom. The van der Waals surface area contributed by atoms with Crippen LogP contribution < -0.4 is 17.2 Å². The Labute approximate surface area is 119 Å². The van der Waals surface area contributed by atoms with Gasteiger partial charge in [-0.15, -0.1) is 6.42 Å². The summed E-state index contributed by atoms with van der Waals surface area (Å²) in [7, 11) is 0. The van der Waals surface area contributed by atoms with E-state index in [1.807, 2.05) is 0 Å². The van der Waals surface area contributed by atoms with Crippen molar-refractivity contribution < 1.29 is 19.3 Å². The van der Waals surface area contributed by atoms with Crippen LogP contribution in [0.15, 0.2) is 11.0 Å². The molecule has 0 amide bonds. The molecule has 1 aromatic heterocycles. The molecule has 1 saturated heterocycles. The first-order valence-corrected chi connectivity index (χ1v) is 6.04. The van der Waals surface area contributed by atoms with Gasteiger partial charge in [0.1, 0.15) is 12.2 Å². The van der Waals surface area contributed by atoms with Gasteiger partial charge >= 0.3 is 5.69 Å². The normalized spacial score (nSPS) is 33.6. The minimum absolute atomic E-state index is 0.579. The second-order valence-corrected chi connectivity index (χ2v) is 4.88. The Morgan fingerprint density at radius 2 is 2.33 bits per heavy atom. The summed E-state index contributed by atoms with van der Waals surface area (Å²) >= 11 is 0. The number of terminal acetylenes is 1. The van der Waals surface area contributed by atoms with E-state index in [0.717, 1.165) is 6.20 Å². The number of ether oxygens (including phenoxy) is 1. The van der Waals surface area contributed by atoms with Crippen molar-refractivity contribution in [1.82, 2.24) is 9.55 Å². The van der Waals surface area contributed by atoms with Crippen molar-refractivity contribution in [2.75, 3.05) is 5.73 Å². The standard InChI is InChI=1S/C12H15FN4O4/c1-3-12(15)8(19)7(5(2)18)21-10(12)17-4-6(13)9(14)16-11(17)20/h1,4-5,7-8,10,18-19H,15H2,2H3,(H2,14,16,20)/t5-,7+,8?,10+,12+/m0/s1. The number of rotatable bonds is 2. The number of hydrogen-bond acceptors (Lipinski definition) is 7. The third-order valence-corrected chi connectivity index (χ3v) is 3.41. The zero-order chi connectivity index (χ0) is 15.9. The van der Waals surface area contributed by atoms with Crippen molar-refractivity contribution in [3.8, 4) is 12.3 Å². The molecule has 1 fully saturated rings. The molecule has 5 atom stereocenters.